The van der Waals surface area contributed by atoms with Gasteiger partial charge in [0.05, 0.1) is 0 Å². The number of carbonyl (C=O) groups excluding carboxylic acids is 1. The van der Waals surface area contributed by atoms with Crippen molar-refractivity contribution in [3.05, 3.63) is 74.6 Å². The summed E-state index contributed by atoms with van der Waals surface area (Å²) in [6, 6.07) is 12.2. The number of pyridine rings is 1. The first-order chi connectivity index (χ1) is 19.0. The highest BCUT2D eigenvalue weighted by Crippen LogP contribution is 2.40. The number of aryl methyl sites for hydroxylation is 1. The summed E-state index contributed by atoms with van der Waals surface area (Å²) in [5, 5.41) is 6.33. The van der Waals surface area contributed by atoms with E-state index in [4.69, 9.17) is 0 Å². The fraction of sp³-hybridized carbons (Fsp3) is 0.393. The van der Waals surface area contributed by atoms with Crippen molar-refractivity contribution in [2.75, 3.05) is 18.4 Å². The molecule has 1 saturated heterocycles. The van der Waals surface area contributed by atoms with Crippen molar-refractivity contribution in [3.63, 3.8) is 0 Å². The molecule has 0 unspecified atom stereocenters. The summed E-state index contributed by atoms with van der Waals surface area (Å²) < 4.78 is 3.59. The molecule has 4 heterocycles. The minimum atomic E-state index is -0.466. The Balaban J connectivity index is 1.13. The van der Waals surface area contributed by atoms with Crippen LogP contribution in [0.5, 0.6) is 0 Å². The third-order valence-corrected chi connectivity index (χ3v) is 7.41. The molecule has 39 heavy (non-hydrogen) atoms. The van der Waals surface area contributed by atoms with Crippen molar-refractivity contribution >= 4 is 23.0 Å². The third-order valence-electron chi connectivity index (χ3n) is 7.41. The topological polar surface area (TPSA) is 130 Å². The number of aromatic amines is 1. The van der Waals surface area contributed by atoms with Crippen LogP contribution in [0, 0.1) is 0 Å². The Morgan fingerprint density at radius 2 is 1.74 bits per heavy atom. The van der Waals surface area contributed by atoms with Crippen LogP contribution in [0.15, 0.2) is 52.2 Å². The molecule has 2 aliphatic rings. The van der Waals surface area contributed by atoms with Crippen LogP contribution in [0.1, 0.15) is 49.8 Å². The van der Waals surface area contributed by atoms with E-state index in [9.17, 15) is 14.4 Å². The summed E-state index contributed by atoms with van der Waals surface area (Å²) in [5.74, 6) is 1.37. The molecule has 3 N–H and O–H groups in total. The number of likely N-dealkylation sites (tertiary alicyclic amines) is 1. The first-order valence-corrected chi connectivity index (χ1v) is 13.6. The second-order valence-electron chi connectivity index (χ2n) is 10.2. The van der Waals surface area contributed by atoms with E-state index < -0.39 is 11.2 Å². The number of urea groups is 1. The Morgan fingerprint density at radius 3 is 2.38 bits per heavy atom. The molecule has 0 spiro atoms. The predicted molar refractivity (Wildman–Crippen MR) is 149 cm³/mol. The summed E-state index contributed by atoms with van der Waals surface area (Å²) in [6.07, 6.45) is 5.88. The lowest BCUT2D eigenvalue weighted by Crippen LogP contribution is -2.37. The molecule has 1 aliphatic carbocycles. The standard InChI is InChI=1S/C28H32N8O3/c1-2-35-26-23(25(37)33-28(35)39)32-24(36(26)21-10-11-21)20-9-12-22(30-17-20)29-15-18-5-7-19(8-6-18)16-31-27(38)34-13-3-4-14-34/h5-9,12,17,21H,2-4,10-11,13-16H2,1H3,(H,29,30)(H,31,38)(H,33,37,39). The number of amides is 2. The second-order valence-corrected chi connectivity index (χ2v) is 10.2. The zero-order valence-electron chi connectivity index (χ0n) is 21.9. The molecular weight excluding hydrogens is 496 g/mol. The summed E-state index contributed by atoms with van der Waals surface area (Å²) in [4.78, 5) is 50.6. The lowest BCUT2D eigenvalue weighted by molar-refractivity contribution is 0.208. The molecule has 3 aromatic heterocycles. The van der Waals surface area contributed by atoms with Gasteiger partial charge in [0.25, 0.3) is 5.56 Å². The molecule has 1 aromatic carbocycles. The molecule has 1 aliphatic heterocycles. The Bertz CT molecular complexity index is 1610. The maximum Gasteiger partial charge on any atom is 0.330 e. The van der Waals surface area contributed by atoms with E-state index in [2.05, 4.69) is 25.6 Å². The van der Waals surface area contributed by atoms with E-state index in [1.165, 1.54) is 0 Å². The molecule has 202 valence electrons. The molecular formula is C28H32N8O3. The molecule has 11 nitrogen and oxygen atoms in total. The van der Waals surface area contributed by atoms with E-state index in [1.54, 1.807) is 10.8 Å². The Morgan fingerprint density at radius 1 is 1.03 bits per heavy atom. The minimum Gasteiger partial charge on any atom is -0.366 e. The van der Waals surface area contributed by atoms with Crippen LogP contribution in [-0.4, -0.2) is 48.1 Å². The number of benzene rings is 1. The van der Waals surface area contributed by atoms with Crippen molar-refractivity contribution in [3.8, 4) is 11.4 Å². The van der Waals surface area contributed by atoms with Gasteiger partial charge in [-0.05, 0) is 55.9 Å². The number of anilines is 1. The van der Waals surface area contributed by atoms with E-state index in [0.717, 1.165) is 61.3 Å². The summed E-state index contributed by atoms with van der Waals surface area (Å²) in [5.41, 5.74) is 2.91. The monoisotopic (exact) mass is 528 g/mol. The maximum absolute atomic E-state index is 12.5. The highest BCUT2D eigenvalue weighted by atomic mass is 16.2. The SMILES string of the molecule is CCn1c(=O)[nH]c(=O)c2nc(-c3ccc(NCc4ccc(CNC(=O)N5CCCC5)cc4)nc3)n(C3CC3)c21. The average molecular weight is 529 g/mol. The number of nitrogens with zero attached hydrogens (tertiary/aromatic N) is 5. The molecule has 6 rings (SSSR count). The van der Waals surface area contributed by atoms with Crippen LogP contribution in [0.4, 0.5) is 10.6 Å². The first-order valence-electron chi connectivity index (χ1n) is 13.6. The zero-order valence-corrected chi connectivity index (χ0v) is 21.9. The average Bonchev–Trinajstić information content (AvgIpc) is 3.47. The largest absolute Gasteiger partial charge is 0.366 e. The quantitative estimate of drug-likeness (QED) is 0.322. The molecule has 0 bridgehead atoms. The summed E-state index contributed by atoms with van der Waals surface area (Å²) in [6.45, 7) is 5.12. The van der Waals surface area contributed by atoms with Crippen LogP contribution < -0.4 is 21.9 Å². The summed E-state index contributed by atoms with van der Waals surface area (Å²) in [7, 11) is 0. The molecule has 0 atom stereocenters. The van der Waals surface area contributed by atoms with Gasteiger partial charge in [-0.3, -0.25) is 14.3 Å². The number of imidazole rings is 1. The van der Waals surface area contributed by atoms with Gasteiger partial charge in [-0.15, -0.1) is 0 Å². The molecule has 11 heteroatoms. The van der Waals surface area contributed by atoms with Gasteiger partial charge in [0.15, 0.2) is 11.2 Å². The van der Waals surface area contributed by atoms with Crippen molar-refractivity contribution in [2.45, 2.75) is 58.3 Å². The summed E-state index contributed by atoms with van der Waals surface area (Å²) >= 11 is 0. The van der Waals surface area contributed by atoms with E-state index in [1.807, 2.05) is 52.8 Å². The minimum absolute atomic E-state index is 0.00646. The fourth-order valence-electron chi connectivity index (χ4n) is 5.14. The van der Waals surface area contributed by atoms with Crippen molar-refractivity contribution in [1.29, 1.82) is 0 Å². The van der Waals surface area contributed by atoms with Gasteiger partial charge in [0, 0.05) is 50.5 Å². The highest BCUT2D eigenvalue weighted by Gasteiger charge is 2.31. The molecule has 0 radical (unpaired) electrons. The molecule has 1 saturated carbocycles. The molecule has 2 amide bonds. The zero-order chi connectivity index (χ0) is 26.9. The number of hydrogen-bond acceptors (Lipinski definition) is 6. The first kappa shape index (κ1) is 24.9. The number of fused-ring (bicyclic) bond motifs is 1. The number of carbonyl (C=O) groups is 1. The van der Waals surface area contributed by atoms with Crippen LogP contribution in [0.3, 0.4) is 0 Å². The van der Waals surface area contributed by atoms with Gasteiger partial charge in [0.1, 0.15) is 11.6 Å². The smallest absolute Gasteiger partial charge is 0.330 e. The van der Waals surface area contributed by atoms with Crippen LogP contribution >= 0.6 is 0 Å². The van der Waals surface area contributed by atoms with Gasteiger partial charge < -0.3 is 20.1 Å². The number of aromatic nitrogens is 5. The molecule has 4 aromatic rings. The van der Waals surface area contributed by atoms with Gasteiger partial charge in [-0.25, -0.2) is 19.6 Å². The number of H-pyrrole nitrogens is 1. The lowest BCUT2D eigenvalue weighted by Gasteiger charge is -2.16. The Hall–Kier alpha value is -4.41. The van der Waals surface area contributed by atoms with E-state index in [0.29, 0.717) is 31.1 Å². The fourth-order valence-corrected chi connectivity index (χ4v) is 5.14. The second kappa shape index (κ2) is 10.4. The lowest BCUT2D eigenvalue weighted by atomic mass is 10.1. The Kier molecular flexibility index (Phi) is 6.64. The number of rotatable bonds is 8. The van der Waals surface area contributed by atoms with Crippen molar-refractivity contribution in [1.82, 2.24) is 34.3 Å². The maximum atomic E-state index is 12.5. The predicted octanol–water partition coefficient (Wildman–Crippen LogP) is 3.22. The number of hydrogen-bond donors (Lipinski definition) is 3. The normalized spacial score (nSPS) is 15.2. The van der Waals surface area contributed by atoms with Crippen molar-refractivity contribution in [2.24, 2.45) is 0 Å². The van der Waals surface area contributed by atoms with Gasteiger partial charge in [-0.2, -0.15) is 0 Å². The number of nitrogens with one attached hydrogen (secondary N) is 3. The van der Waals surface area contributed by atoms with Crippen molar-refractivity contribution < 1.29 is 4.79 Å². The van der Waals surface area contributed by atoms with E-state index in [-0.39, 0.29) is 17.6 Å². The van der Waals surface area contributed by atoms with Crippen LogP contribution in [-0.2, 0) is 19.6 Å². The molecule has 2 fully saturated rings. The van der Waals surface area contributed by atoms with Crippen LogP contribution in [0.2, 0.25) is 0 Å². The van der Waals surface area contributed by atoms with Gasteiger partial charge in [0.2, 0.25) is 0 Å². The third kappa shape index (κ3) is 5.04. The van der Waals surface area contributed by atoms with Gasteiger partial charge in [-0.1, -0.05) is 24.3 Å². The highest BCUT2D eigenvalue weighted by molar-refractivity contribution is 5.77. The Labute approximate surface area is 224 Å². The van der Waals surface area contributed by atoms with Crippen LogP contribution in [0.25, 0.3) is 22.6 Å². The van der Waals surface area contributed by atoms with E-state index >= 15 is 0 Å². The van der Waals surface area contributed by atoms with Gasteiger partial charge >= 0.3 is 11.7 Å².